The minimum atomic E-state index is -0.440. The maximum atomic E-state index is 12.9. The summed E-state index contributed by atoms with van der Waals surface area (Å²) in [5, 5.41) is 5.37. The van der Waals surface area contributed by atoms with E-state index in [1.165, 1.54) is 33.5 Å². The quantitative estimate of drug-likeness (QED) is 0.198. The van der Waals surface area contributed by atoms with Crippen LogP contribution in [-0.4, -0.2) is 34.2 Å². The highest BCUT2D eigenvalue weighted by molar-refractivity contribution is 8.00. The predicted octanol–water partition coefficient (Wildman–Crippen LogP) is 5.82. The topological polar surface area (TPSA) is 81.2 Å². The molecular formula is C24H21N3O3S3. The molecule has 0 radical (unpaired) electrons. The van der Waals surface area contributed by atoms with Gasteiger partial charge < -0.3 is 10.1 Å². The molecule has 33 heavy (non-hydrogen) atoms. The minimum absolute atomic E-state index is 0.189. The molecule has 3 heterocycles. The number of nitrogens with zero attached hydrogens (tertiary/aromatic N) is 2. The average molecular weight is 496 g/mol. The largest absolute Gasteiger partial charge is 0.462 e. The fourth-order valence-electron chi connectivity index (χ4n) is 3.89. The van der Waals surface area contributed by atoms with E-state index in [1.807, 2.05) is 30.3 Å². The van der Waals surface area contributed by atoms with Crippen molar-refractivity contribution < 1.29 is 14.3 Å². The molecular weight excluding hydrogens is 474 g/mol. The van der Waals surface area contributed by atoms with Gasteiger partial charge >= 0.3 is 5.97 Å². The van der Waals surface area contributed by atoms with Crippen molar-refractivity contribution in [3.05, 3.63) is 58.7 Å². The van der Waals surface area contributed by atoms with Crippen LogP contribution in [0.2, 0.25) is 0 Å². The molecule has 1 N–H and O–H groups in total. The zero-order valence-corrected chi connectivity index (χ0v) is 20.4. The second kappa shape index (κ2) is 9.62. The van der Waals surface area contributed by atoms with Crippen LogP contribution in [0.15, 0.2) is 47.8 Å². The second-order valence-electron chi connectivity index (χ2n) is 7.49. The number of hydrogen-bond donors (Lipinski definition) is 1. The number of hydrogen-bond acceptors (Lipinski definition) is 8. The molecule has 0 spiro atoms. The molecule has 168 valence electrons. The monoisotopic (exact) mass is 495 g/mol. The summed E-state index contributed by atoms with van der Waals surface area (Å²) in [6, 6.07) is 11.6. The summed E-state index contributed by atoms with van der Waals surface area (Å²) in [5.74, 6) is -0.437. The van der Waals surface area contributed by atoms with E-state index in [4.69, 9.17) is 4.74 Å². The first-order valence-corrected chi connectivity index (χ1v) is 13.3. The Kier molecular flexibility index (Phi) is 6.43. The molecule has 0 bridgehead atoms. The first kappa shape index (κ1) is 22.1. The van der Waals surface area contributed by atoms with Gasteiger partial charge in [0.15, 0.2) is 0 Å². The Morgan fingerprint density at radius 1 is 1.15 bits per heavy atom. The number of aromatic nitrogens is 2. The number of ether oxygens (including phenoxy) is 1. The van der Waals surface area contributed by atoms with Crippen molar-refractivity contribution in [2.45, 2.75) is 31.2 Å². The fourth-order valence-corrected chi connectivity index (χ4v) is 7.08. The summed E-state index contributed by atoms with van der Waals surface area (Å²) in [6.45, 7) is 2.04. The van der Waals surface area contributed by atoms with Gasteiger partial charge in [-0.25, -0.2) is 14.8 Å². The van der Waals surface area contributed by atoms with Gasteiger partial charge in [0.25, 0.3) is 0 Å². The third kappa shape index (κ3) is 4.53. The van der Waals surface area contributed by atoms with Gasteiger partial charge in [-0.1, -0.05) is 42.1 Å². The highest BCUT2D eigenvalue weighted by Gasteiger charge is 2.23. The molecule has 1 aliphatic carbocycles. The molecule has 1 amide bonds. The number of carbonyl (C=O) groups excluding carboxylic acids is 2. The number of benzene rings is 1. The van der Waals surface area contributed by atoms with E-state index < -0.39 is 5.97 Å². The molecule has 6 nitrogen and oxygen atoms in total. The zero-order valence-electron chi connectivity index (χ0n) is 17.9. The summed E-state index contributed by atoms with van der Waals surface area (Å²) in [4.78, 5) is 37.5. The number of esters is 1. The molecule has 0 saturated carbocycles. The number of thiophene rings is 2. The molecule has 9 heteroatoms. The molecule has 0 atom stereocenters. The first-order valence-electron chi connectivity index (χ1n) is 10.7. The van der Waals surface area contributed by atoms with E-state index in [1.54, 1.807) is 30.7 Å². The standard InChI is InChI=1S/C24H21N3O3S3/c1-2-30-24(29)16-11-18(14-7-4-3-5-8-14)33-21(16)27-19(28)12-31-22-20-15-9-6-10-17(15)32-23(20)26-13-25-22/h3-5,7-8,11,13H,2,6,9-10,12H2,1H3,(H,27,28). The number of rotatable bonds is 7. The van der Waals surface area contributed by atoms with E-state index in [2.05, 4.69) is 15.3 Å². The van der Waals surface area contributed by atoms with Crippen LogP contribution in [0.4, 0.5) is 5.00 Å². The van der Waals surface area contributed by atoms with Gasteiger partial charge in [-0.05, 0) is 43.4 Å². The summed E-state index contributed by atoms with van der Waals surface area (Å²) >= 11 is 4.51. The van der Waals surface area contributed by atoms with Crippen LogP contribution in [0.1, 0.15) is 34.1 Å². The normalized spacial score (nSPS) is 12.6. The summed E-state index contributed by atoms with van der Waals surface area (Å²) in [6.07, 6.45) is 4.87. The summed E-state index contributed by atoms with van der Waals surface area (Å²) in [5.41, 5.74) is 2.70. The van der Waals surface area contributed by atoms with Crippen molar-refractivity contribution in [1.29, 1.82) is 0 Å². The van der Waals surface area contributed by atoms with Crippen LogP contribution >= 0.6 is 34.4 Å². The molecule has 1 aromatic carbocycles. The smallest absolute Gasteiger partial charge is 0.341 e. The van der Waals surface area contributed by atoms with E-state index in [0.29, 0.717) is 10.6 Å². The summed E-state index contributed by atoms with van der Waals surface area (Å²) in [7, 11) is 0. The van der Waals surface area contributed by atoms with Gasteiger partial charge in [-0.15, -0.1) is 22.7 Å². The Hall–Kier alpha value is -2.75. The van der Waals surface area contributed by atoms with Gasteiger partial charge in [0, 0.05) is 15.1 Å². The number of anilines is 1. The lowest BCUT2D eigenvalue weighted by Gasteiger charge is -2.07. The molecule has 0 unspecified atom stereocenters. The Bertz CT molecular complexity index is 1330. The second-order valence-corrected chi connectivity index (χ2v) is 10.6. The number of fused-ring (bicyclic) bond motifs is 3. The summed E-state index contributed by atoms with van der Waals surface area (Å²) < 4.78 is 5.21. The Balaban J connectivity index is 1.35. The lowest BCUT2D eigenvalue weighted by molar-refractivity contribution is -0.113. The van der Waals surface area contributed by atoms with Gasteiger partial charge in [0.2, 0.25) is 5.91 Å². The van der Waals surface area contributed by atoms with Crippen LogP contribution in [0.3, 0.4) is 0 Å². The van der Waals surface area contributed by atoms with E-state index in [0.717, 1.165) is 44.9 Å². The lowest BCUT2D eigenvalue weighted by atomic mass is 10.1. The van der Waals surface area contributed by atoms with Crippen LogP contribution in [0.25, 0.3) is 20.7 Å². The van der Waals surface area contributed by atoms with E-state index >= 15 is 0 Å². The highest BCUT2D eigenvalue weighted by Crippen LogP contribution is 2.40. The average Bonchev–Trinajstić information content (AvgIpc) is 3.53. The van der Waals surface area contributed by atoms with Gasteiger partial charge in [0.1, 0.15) is 21.2 Å². The van der Waals surface area contributed by atoms with Gasteiger partial charge in [-0.3, -0.25) is 4.79 Å². The van der Waals surface area contributed by atoms with Crippen molar-refractivity contribution >= 4 is 61.5 Å². The number of aryl methyl sites for hydroxylation is 2. The van der Waals surface area contributed by atoms with Crippen LogP contribution in [0.5, 0.6) is 0 Å². The van der Waals surface area contributed by atoms with Crippen molar-refractivity contribution in [1.82, 2.24) is 9.97 Å². The predicted molar refractivity (Wildman–Crippen MR) is 135 cm³/mol. The maximum Gasteiger partial charge on any atom is 0.341 e. The van der Waals surface area contributed by atoms with Crippen LogP contribution in [-0.2, 0) is 22.4 Å². The van der Waals surface area contributed by atoms with E-state index in [-0.39, 0.29) is 18.3 Å². The molecule has 1 aliphatic rings. The molecule has 0 aliphatic heterocycles. The van der Waals surface area contributed by atoms with Crippen molar-refractivity contribution in [3.63, 3.8) is 0 Å². The number of carbonyl (C=O) groups is 2. The fraction of sp³-hybridized carbons (Fsp3) is 0.250. The van der Waals surface area contributed by atoms with Crippen molar-refractivity contribution in [2.24, 2.45) is 0 Å². The molecule has 0 saturated heterocycles. The molecule has 3 aromatic heterocycles. The van der Waals surface area contributed by atoms with Crippen LogP contribution < -0.4 is 5.32 Å². The van der Waals surface area contributed by atoms with Crippen molar-refractivity contribution in [3.8, 4) is 10.4 Å². The third-order valence-corrected chi connectivity index (χ3v) is 8.63. The van der Waals surface area contributed by atoms with Crippen LogP contribution in [0, 0.1) is 0 Å². The lowest BCUT2D eigenvalue weighted by Crippen LogP contribution is -2.16. The molecule has 5 rings (SSSR count). The minimum Gasteiger partial charge on any atom is -0.462 e. The van der Waals surface area contributed by atoms with Gasteiger partial charge in [-0.2, -0.15) is 0 Å². The molecule has 4 aromatic rings. The molecule has 0 fully saturated rings. The number of thioether (sulfide) groups is 1. The number of amides is 1. The Morgan fingerprint density at radius 2 is 2.00 bits per heavy atom. The Morgan fingerprint density at radius 3 is 2.82 bits per heavy atom. The first-order chi connectivity index (χ1) is 16.1. The van der Waals surface area contributed by atoms with Gasteiger partial charge in [0.05, 0.1) is 17.9 Å². The highest BCUT2D eigenvalue weighted by atomic mass is 32.2. The van der Waals surface area contributed by atoms with E-state index in [9.17, 15) is 9.59 Å². The van der Waals surface area contributed by atoms with Crippen molar-refractivity contribution in [2.75, 3.05) is 17.7 Å². The number of nitrogens with one attached hydrogen (secondary N) is 1. The third-order valence-electron chi connectivity index (χ3n) is 5.35. The maximum absolute atomic E-state index is 12.9. The SMILES string of the molecule is CCOC(=O)c1cc(-c2ccccc2)sc1NC(=O)CSc1ncnc2sc3c(c12)CCC3. The Labute approximate surface area is 203 Å². The zero-order chi connectivity index (χ0) is 22.8.